The van der Waals surface area contributed by atoms with Crippen LogP contribution in [0.15, 0.2) is 18.2 Å². The van der Waals surface area contributed by atoms with Crippen LogP contribution in [-0.4, -0.2) is 13.1 Å². The molecule has 0 heterocycles. The lowest BCUT2D eigenvalue weighted by Gasteiger charge is -2.18. The van der Waals surface area contributed by atoms with Gasteiger partial charge in [-0.3, -0.25) is 0 Å². The van der Waals surface area contributed by atoms with Crippen molar-refractivity contribution in [2.75, 3.05) is 7.05 Å². The van der Waals surface area contributed by atoms with Crippen molar-refractivity contribution in [1.29, 1.82) is 0 Å². The molecule has 2 unspecified atom stereocenters. The van der Waals surface area contributed by atoms with E-state index in [1.54, 1.807) is 0 Å². The van der Waals surface area contributed by atoms with Gasteiger partial charge in [0.25, 0.3) is 0 Å². The first-order valence-electron chi connectivity index (χ1n) is 6.05. The topological polar surface area (TPSA) is 12.0 Å². The van der Waals surface area contributed by atoms with Crippen LogP contribution >= 0.6 is 23.2 Å². The average Bonchev–Trinajstić information content (AvgIpc) is 2.89. The summed E-state index contributed by atoms with van der Waals surface area (Å²) in [5.41, 5.74) is 1.74. The number of halogens is 2. The molecule has 1 N–H and O–H groups in total. The summed E-state index contributed by atoms with van der Waals surface area (Å²) in [6.45, 7) is 4.66. The van der Waals surface area contributed by atoms with Crippen molar-refractivity contribution in [2.24, 2.45) is 11.3 Å². The fourth-order valence-corrected chi connectivity index (χ4v) is 2.88. The summed E-state index contributed by atoms with van der Waals surface area (Å²) in [6.07, 6.45) is 2.32. The molecule has 0 aromatic heterocycles. The van der Waals surface area contributed by atoms with Gasteiger partial charge in [-0.25, -0.2) is 0 Å². The first kappa shape index (κ1) is 13.2. The van der Waals surface area contributed by atoms with Crippen molar-refractivity contribution in [3.8, 4) is 0 Å². The second kappa shape index (κ2) is 4.79. The van der Waals surface area contributed by atoms with Gasteiger partial charge in [-0.15, -0.1) is 0 Å². The molecule has 0 aliphatic heterocycles. The molecule has 17 heavy (non-hydrogen) atoms. The van der Waals surface area contributed by atoms with Crippen molar-refractivity contribution >= 4 is 23.2 Å². The Hall–Kier alpha value is -0.240. The molecule has 2 rings (SSSR count). The molecule has 1 aromatic carbocycles. The van der Waals surface area contributed by atoms with Crippen molar-refractivity contribution in [3.63, 3.8) is 0 Å². The number of rotatable bonds is 4. The van der Waals surface area contributed by atoms with E-state index in [4.69, 9.17) is 23.2 Å². The van der Waals surface area contributed by atoms with Crippen LogP contribution in [0.1, 0.15) is 25.8 Å². The van der Waals surface area contributed by atoms with Crippen LogP contribution in [0.5, 0.6) is 0 Å². The van der Waals surface area contributed by atoms with Crippen molar-refractivity contribution in [1.82, 2.24) is 5.32 Å². The monoisotopic (exact) mass is 271 g/mol. The zero-order valence-electron chi connectivity index (χ0n) is 10.6. The van der Waals surface area contributed by atoms with Crippen LogP contribution in [0.2, 0.25) is 10.0 Å². The van der Waals surface area contributed by atoms with Gasteiger partial charge >= 0.3 is 0 Å². The molecule has 0 saturated heterocycles. The molecule has 0 radical (unpaired) electrons. The number of hydrogen-bond acceptors (Lipinski definition) is 1. The van der Waals surface area contributed by atoms with Crippen LogP contribution in [0.25, 0.3) is 0 Å². The molecule has 1 aliphatic carbocycles. The highest BCUT2D eigenvalue weighted by Crippen LogP contribution is 2.54. The molecule has 1 aromatic rings. The number of nitrogens with one attached hydrogen (secondary N) is 1. The molecule has 1 aliphatic rings. The Morgan fingerprint density at radius 3 is 2.47 bits per heavy atom. The summed E-state index contributed by atoms with van der Waals surface area (Å²) < 4.78 is 0. The third-order valence-corrected chi connectivity index (χ3v) is 4.62. The van der Waals surface area contributed by atoms with Crippen LogP contribution in [-0.2, 0) is 6.42 Å². The Balaban J connectivity index is 2.06. The van der Waals surface area contributed by atoms with E-state index in [2.05, 4.69) is 25.2 Å². The zero-order chi connectivity index (χ0) is 12.6. The number of likely N-dealkylation sites (N-methyl/N-ethyl adjacent to an activating group) is 1. The van der Waals surface area contributed by atoms with E-state index in [-0.39, 0.29) is 0 Å². The molecule has 0 spiro atoms. The molecular formula is C14H19Cl2N. The minimum Gasteiger partial charge on any atom is -0.316 e. The standard InChI is InChI=1S/C14H19Cl2N/c1-14(2)8-10(14)13(17-3)7-9-4-5-11(15)12(16)6-9/h4-6,10,13,17H,7-8H2,1-3H3. The maximum absolute atomic E-state index is 6.04. The van der Waals surface area contributed by atoms with Gasteiger partial charge in [0.05, 0.1) is 10.0 Å². The molecule has 0 amide bonds. The second-order valence-corrected chi connectivity index (χ2v) is 6.46. The predicted octanol–water partition coefficient (Wildman–Crippen LogP) is 4.17. The fraction of sp³-hybridized carbons (Fsp3) is 0.571. The van der Waals surface area contributed by atoms with E-state index in [1.807, 2.05) is 19.2 Å². The first-order chi connectivity index (χ1) is 7.94. The van der Waals surface area contributed by atoms with E-state index in [9.17, 15) is 0 Å². The summed E-state index contributed by atoms with van der Waals surface area (Å²) in [7, 11) is 2.04. The molecule has 1 saturated carbocycles. The summed E-state index contributed by atoms with van der Waals surface area (Å²) >= 11 is 12.0. The van der Waals surface area contributed by atoms with Crippen LogP contribution in [0, 0.1) is 11.3 Å². The van der Waals surface area contributed by atoms with Crippen LogP contribution < -0.4 is 5.32 Å². The van der Waals surface area contributed by atoms with E-state index in [1.165, 1.54) is 12.0 Å². The average molecular weight is 272 g/mol. The molecular weight excluding hydrogens is 253 g/mol. The van der Waals surface area contributed by atoms with Gasteiger partial charge in [0, 0.05) is 6.04 Å². The Bertz CT molecular complexity index is 415. The Morgan fingerprint density at radius 2 is 2.00 bits per heavy atom. The molecule has 0 bridgehead atoms. The zero-order valence-corrected chi connectivity index (χ0v) is 12.1. The lowest BCUT2D eigenvalue weighted by Crippen LogP contribution is -2.31. The third-order valence-electron chi connectivity index (χ3n) is 3.89. The Labute approximate surface area is 114 Å². The van der Waals surface area contributed by atoms with Gasteiger partial charge in [-0.1, -0.05) is 43.1 Å². The highest BCUT2D eigenvalue weighted by atomic mass is 35.5. The second-order valence-electron chi connectivity index (χ2n) is 5.65. The lowest BCUT2D eigenvalue weighted by molar-refractivity contribution is 0.426. The van der Waals surface area contributed by atoms with Gasteiger partial charge in [0.1, 0.15) is 0 Å². The summed E-state index contributed by atoms with van der Waals surface area (Å²) in [5, 5.41) is 4.70. The maximum atomic E-state index is 6.04. The van der Waals surface area contributed by atoms with Crippen molar-refractivity contribution in [2.45, 2.75) is 32.7 Å². The third kappa shape index (κ3) is 2.96. The SMILES string of the molecule is CNC(Cc1ccc(Cl)c(Cl)c1)C1CC1(C)C. The predicted molar refractivity (Wildman–Crippen MR) is 74.9 cm³/mol. The van der Waals surface area contributed by atoms with E-state index >= 15 is 0 Å². The minimum absolute atomic E-state index is 0.490. The van der Waals surface area contributed by atoms with Gasteiger partial charge in [0.2, 0.25) is 0 Å². The quantitative estimate of drug-likeness (QED) is 0.867. The highest BCUT2D eigenvalue weighted by Gasteiger charge is 2.49. The largest absolute Gasteiger partial charge is 0.316 e. The van der Waals surface area contributed by atoms with Crippen molar-refractivity contribution in [3.05, 3.63) is 33.8 Å². The summed E-state index contributed by atoms with van der Waals surface area (Å²) in [4.78, 5) is 0. The first-order valence-corrected chi connectivity index (χ1v) is 6.81. The maximum Gasteiger partial charge on any atom is 0.0595 e. The van der Waals surface area contributed by atoms with E-state index in [0.29, 0.717) is 21.5 Å². The van der Waals surface area contributed by atoms with E-state index < -0.39 is 0 Å². The van der Waals surface area contributed by atoms with Gasteiger partial charge in [0.15, 0.2) is 0 Å². The molecule has 2 atom stereocenters. The summed E-state index contributed by atoms with van der Waals surface area (Å²) in [5.74, 6) is 0.766. The lowest BCUT2D eigenvalue weighted by atomic mass is 9.97. The number of benzene rings is 1. The molecule has 3 heteroatoms. The molecule has 1 fully saturated rings. The van der Waals surface area contributed by atoms with E-state index in [0.717, 1.165) is 12.3 Å². The minimum atomic E-state index is 0.490. The van der Waals surface area contributed by atoms with Gasteiger partial charge < -0.3 is 5.32 Å². The Morgan fingerprint density at radius 1 is 1.35 bits per heavy atom. The van der Waals surface area contributed by atoms with Crippen LogP contribution in [0.4, 0.5) is 0 Å². The molecule has 1 nitrogen and oxygen atoms in total. The fourth-order valence-electron chi connectivity index (χ4n) is 2.56. The van der Waals surface area contributed by atoms with Gasteiger partial charge in [-0.05, 0) is 48.9 Å². The highest BCUT2D eigenvalue weighted by molar-refractivity contribution is 6.42. The smallest absolute Gasteiger partial charge is 0.0595 e. The van der Waals surface area contributed by atoms with Crippen LogP contribution in [0.3, 0.4) is 0 Å². The van der Waals surface area contributed by atoms with Gasteiger partial charge in [-0.2, -0.15) is 0 Å². The summed E-state index contributed by atoms with van der Waals surface area (Å²) in [6, 6.07) is 6.45. The normalized spacial score (nSPS) is 23.5. The number of hydrogen-bond donors (Lipinski definition) is 1. The molecule has 94 valence electrons. The van der Waals surface area contributed by atoms with Crippen molar-refractivity contribution < 1.29 is 0 Å². The Kier molecular flexibility index (Phi) is 3.72.